The number of hydrogen-bond donors (Lipinski definition) is 2. The third-order valence-corrected chi connectivity index (χ3v) is 3.55. The van der Waals surface area contributed by atoms with Gasteiger partial charge in [-0.2, -0.15) is 0 Å². The molecule has 0 radical (unpaired) electrons. The van der Waals surface area contributed by atoms with E-state index < -0.39 is 6.10 Å². The first-order valence-electron chi connectivity index (χ1n) is 6.58. The first-order chi connectivity index (χ1) is 8.47. The summed E-state index contributed by atoms with van der Waals surface area (Å²) in [7, 11) is 0. The van der Waals surface area contributed by atoms with Crippen LogP contribution in [0.4, 0.5) is 0 Å². The molecule has 2 unspecified atom stereocenters. The Labute approximate surface area is 109 Å². The first kappa shape index (κ1) is 13.4. The van der Waals surface area contributed by atoms with E-state index in [1.54, 1.807) is 0 Å². The molecule has 1 fully saturated rings. The molecule has 0 aromatic heterocycles. The van der Waals surface area contributed by atoms with Gasteiger partial charge in [-0.05, 0) is 36.5 Å². The monoisotopic (exact) mass is 249 g/mol. The Balaban J connectivity index is 1.67. The van der Waals surface area contributed by atoms with Crippen LogP contribution in [-0.4, -0.2) is 30.4 Å². The molecule has 1 aromatic carbocycles. The van der Waals surface area contributed by atoms with E-state index in [-0.39, 0.29) is 0 Å². The topological polar surface area (TPSA) is 41.5 Å². The first-order valence-corrected chi connectivity index (χ1v) is 6.58. The molecule has 3 nitrogen and oxygen atoms in total. The van der Waals surface area contributed by atoms with E-state index in [4.69, 9.17) is 4.74 Å². The van der Waals surface area contributed by atoms with Crippen LogP contribution in [0.25, 0.3) is 0 Å². The van der Waals surface area contributed by atoms with E-state index in [1.165, 1.54) is 12.0 Å². The van der Waals surface area contributed by atoms with Crippen LogP contribution in [0.2, 0.25) is 0 Å². The number of aliphatic hydroxyl groups is 1. The van der Waals surface area contributed by atoms with Crippen LogP contribution < -0.4 is 10.1 Å². The van der Waals surface area contributed by atoms with E-state index in [0.717, 1.165) is 5.75 Å². The van der Waals surface area contributed by atoms with Gasteiger partial charge in [0.15, 0.2) is 0 Å². The molecular formula is C15H23NO2. The van der Waals surface area contributed by atoms with Gasteiger partial charge in [0.25, 0.3) is 0 Å². The van der Waals surface area contributed by atoms with Crippen LogP contribution in [0, 0.1) is 12.3 Å². The lowest BCUT2D eigenvalue weighted by Crippen LogP contribution is -2.34. The fourth-order valence-corrected chi connectivity index (χ4v) is 2.05. The number of benzene rings is 1. The van der Waals surface area contributed by atoms with E-state index in [1.807, 2.05) is 31.2 Å². The molecule has 1 aliphatic rings. The lowest BCUT2D eigenvalue weighted by Gasteiger charge is -2.14. The second kappa shape index (κ2) is 5.29. The summed E-state index contributed by atoms with van der Waals surface area (Å²) in [5.41, 5.74) is 1.57. The van der Waals surface area contributed by atoms with Crippen molar-refractivity contribution in [2.45, 2.75) is 39.3 Å². The Morgan fingerprint density at radius 2 is 2.22 bits per heavy atom. The minimum absolute atomic E-state index is 0.337. The summed E-state index contributed by atoms with van der Waals surface area (Å²) in [5.74, 6) is 0.820. The molecule has 0 spiro atoms. The zero-order valence-electron chi connectivity index (χ0n) is 11.4. The van der Waals surface area contributed by atoms with Crippen molar-refractivity contribution in [1.82, 2.24) is 5.32 Å². The fourth-order valence-electron chi connectivity index (χ4n) is 2.05. The highest BCUT2D eigenvalue weighted by Gasteiger charge is 2.45. The molecule has 2 atom stereocenters. The van der Waals surface area contributed by atoms with Gasteiger partial charge < -0.3 is 15.2 Å². The van der Waals surface area contributed by atoms with E-state index >= 15 is 0 Å². The SMILES string of the molecule is Cc1cccc(OCC(O)CNC2CC2(C)C)c1. The molecule has 2 N–H and O–H groups in total. The summed E-state index contributed by atoms with van der Waals surface area (Å²) in [5, 5.41) is 13.2. The third kappa shape index (κ3) is 3.72. The number of aliphatic hydroxyl groups excluding tert-OH is 1. The van der Waals surface area contributed by atoms with Crippen LogP contribution in [0.3, 0.4) is 0 Å². The van der Waals surface area contributed by atoms with Gasteiger partial charge in [-0.1, -0.05) is 26.0 Å². The molecule has 1 aromatic rings. The summed E-state index contributed by atoms with van der Waals surface area (Å²) in [6.07, 6.45) is 0.736. The largest absolute Gasteiger partial charge is 0.491 e. The highest BCUT2D eigenvalue weighted by atomic mass is 16.5. The third-order valence-electron chi connectivity index (χ3n) is 3.55. The predicted octanol–water partition coefficient (Wildman–Crippen LogP) is 2.12. The van der Waals surface area contributed by atoms with Crippen molar-refractivity contribution in [3.8, 4) is 5.75 Å². The Morgan fingerprint density at radius 1 is 1.50 bits per heavy atom. The highest BCUT2D eigenvalue weighted by molar-refractivity contribution is 5.27. The van der Waals surface area contributed by atoms with Gasteiger partial charge in [0.1, 0.15) is 18.5 Å². The van der Waals surface area contributed by atoms with Gasteiger partial charge in [-0.25, -0.2) is 0 Å². The molecule has 0 heterocycles. The molecule has 2 rings (SSSR count). The van der Waals surface area contributed by atoms with Crippen molar-refractivity contribution in [2.24, 2.45) is 5.41 Å². The van der Waals surface area contributed by atoms with Gasteiger partial charge >= 0.3 is 0 Å². The predicted molar refractivity (Wildman–Crippen MR) is 72.9 cm³/mol. The van der Waals surface area contributed by atoms with Crippen LogP contribution >= 0.6 is 0 Å². The van der Waals surface area contributed by atoms with Crippen molar-refractivity contribution in [2.75, 3.05) is 13.2 Å². The number of aryl methyl sites for hydroxylation is 1. The molecular weight excluding hydrogens is 226 g/mol. The molecule has 0 amide bonds. The lowest BCUT2D eigenvalue weighted by atomic mass is 10.2. The summed E-state index contributed by atoms with van der Waals surface area (Å²) in [6.45, 7) is 7.43. The quantitative estimate of drug-likeness (QED) is 0.811. The van der Waals surface area contributed by atoms with Crippen molar-refractivity contribution in [3.63, 3.8) is 0 Å². The lowest BCUT2D eigenvalue weighted by molar-refractivity contribution is 0.105. The summed E-state index contributed by atoms with van der Waals surface area (Å²) in [4.78, 5) is 0. The van der Waals surface area contributed by atoms with Gasteiger partial charge in [-0.3, -0.25) is 0 Å². The standard InChI is InChI=1S/C15H23NO2/c1-11-5-4-6-13(7-11)18-10-12(17)9-16-14-8-15(14,2)3/h4-7,12,14,16-17H,8-10H2,1-3H3. The maximum atomic E-state index is 9.84. The van der Waals surface area contributed by atoms with E-state index in [9.17, 15) is 5.11 Å². The zero-order valence-corrected chi connectivity index (χ0v) is 11.4. The molecule has 100 valence electrons. The van der Waals surface area contributed by atoms with Gasteiger partial charge in [0, 0.05) is 12.6 Å². The number of rotatable bonds is 6. The molecule has 3 heteroatoms. The Morgan fingerprint density at radius 3 is 2.83 bits per heavy atom. The Bertz CT molecular complexity index is 403. The molecule has 0 saturated heterocycles. The van der Waals surface area contributed by atoms with Crippen LogP contribution in [-0.2, 0) is 0 Å². The number of ether oxygens (including phenoxy) is 1. The molecule has 1 aliphatic carbocycles. The summed E-state index contributed by atoms with van der Waals surface area (Å²) >= 11 is 0. The second-order valence-electron chi connectivity index (χ2n) is 5.93. The smallest absolute Gasteiger partial charge is 0.119 e. The average Bonchev–Trinajstić information content (AvgIpc) is 2.92. The van der Waals surface area contributed by atoms with Gasteiger partial charge in [-0.15, -0.1) is 0 Å². The fraction of sp³-hybridized carbons (Fsp3) is 0.600. The molecule has 0 bridgehead atoms. The number of hydrogen-bond acceptors (Lipinski definition) is 3. The van der Waals surface area contributed by atoms with Crippen molar-refractivity contribution in [3.05, 3.63) is 29.8 Å². The van der Waals surface area contributed by atoms with Crippen molar-refractivity contribution < 1.29 is 9.84 Å². The second-order valence-corrected chi connectivity index (χ2v) is 5.93. The molecule has 1 saturated carbocycles. The maximum Gasteiger partial charge on any atom is 0.119 e. The highest BCUT2D eigenvalue weighted by Crippen LogP contribution is 2.44. The summed E-state index contributed by atoms with van der Waals surface area (Å²) in [6, 6.07) is 8.43. The average molecular weight is 249 g/mol. The van der Waals surface area contributed by atoms with Crippen LogP contribution in [0.5, 0.6) is 5.75 Å². The molecule has 18 heavy (non-hydrogen) atoms. The van der Waals surface area contributed by atoms with Crippen LogP contribution in [0.15, 0.2) is 24.3 Å². The van der Waals surface area contributed by atoms with Crippen molar-refractivity contribution in [1.29, 1.82) is 0 Å². The van der Waals surface area contributed by atoms with E-state index in [2.05, 4.69) is 19.2 Å². The Hall–Kier alpha value is -1.06. The van der Waals surface area contributed by atoms with E-state index in [0.29, 0.717) is 24.6 Å². The van der Waals surface area contributed by atoms with Crippen molar-refractivity contribution >= 4 is 0 Å². The number of nitrogens with one attached hydrogen (secondary N) is 1. The van der Waals surface area contributed by atoms with Gasteiger partial charge in [0.05, 0.1) is 0 Å². The minimum atomic E-state index is -0.457. The Kier molecular flexibility index (Phi) is 3.93. The zero-order chi connectivity index (χ0) is 13.2. The maximum absolute atomic E-state index is 9.84. The van der Waals surface area contributed by atoms with Gasteiger partial charge in [0.2, 0.25) is 0 Å². The normalized spacial score (nSPS) is 22.6. The summed E-state index contributed by atoms with van der Waals surface area (Å²) < 4.78 is 5.56. The molecule has 0 aliphatic heterocycles. The van der Waals surface area contributed by atoms with Crippen LogP contribution in [0.1, 0.15) is 25.8 Å². The minimum Gasteiger partial charge on any atom is -0.491 e.